The highest BCUT2D eigenvalue weighted by molar-refractivity contribution is 8.00. The fourth-order valence-corrected chi connectivity index (χ4v) is 2.01. The topological polar surface area (TPSA) is 49.3 Å². The van der Waals surface area contributed by atoms with Crippen molar-refractivity contribution in [3.8, 4) is 5.75 Å². The van der Waals surface area contributed by atoms with E-state index in [9.17, 15) is 18.0 Å². The van der Waals surface area contributed by atoms with Gasteiger partial charge in [-0.05, 0) is 31.2 Å². The Morgan fingerprint density at radius 1 is 1.39 bits per heavy atom. The smallest absolute Gasteiger partial charge is 0.405 e. The number of thioether (sulfide) groups is 1. The number of halogens is 3. The number of benzene rings is 1. The Morgan fingerprint density at radius 3 is 2.44 bits per heavy atom. The predicted octanol–water partition coefficient (Wildman–Crippen LogP) is 2.55. The van der Waals surface area contributed by atoms with Crippen LogP contribution in [-0.2, 0) is 4.79 Å². The van der Waals surface area contributed by atoms with E-state index < -0.39 is 23.9 Å². The first-order valence-corrected chi connectivity index (χ1v) is 5.96. The van der Waals surface area contributed by atoms with Crippen molar-refractivity contribution in [3.63, 3.8) is 0 Å². The maximum absolute atomic E-state index is 11.9. The number of phenolic OH excluding ortho intramolecular Hbond substituents is 1. The van der Waals surface area contributed by atoms with E-state index in [4.69, 9.17) is 5.11 Å². The molecule has 1 atom stereocenters. The minimum absolute atomic E-state index is 0.0912. The summed E-state index contributed by atoms with van der Waals surface area (Å²) < 4.78 is 35.7. The van der Waals surface area contributed by atoms with Gasteiger partial charge in [0.05, 0.1) is 5.25 Å². The summed E-state index contributed by atoms with van der Waals surface area (Å²) in [6.45, 7) is 0.190. The Balaban J connectivity index is 2.47. The van der Waals surface area contributed by atoms with Crippen LogP contribution in [0.4, 0.5) is 13.2 Å². The van der Waals surface area contributed by atoms with Crippen LogP contribution in [0, 0.1) is 0 Å². The lowest BCUT2D eigenvalue weighted by Crippen LogP contribution is -2.37. The summed E-state index contributed by atoms with van der Waals surface area (Å²) in [6, 6.07) is 6.08. The van der Waals surface area contributed by atoms with Gasteiger partial charge in [-0.2, -0.15) is 13.2 Å². The van der Waals surface area contributed by atoms with E-state index in [1.165, 1.54) is 19.1 Å². The molecule has 0 aliphatic rings. The van der Waals surface area contributed by atoms with E-state index in [1.807, 2.05) is 5.32 Å². The van der Waals surface area contributed by atoms with Gasteiger partial charge < -0.3 is 10.4 Å². The van der Waals surface area contributed by atoms with Crippen molar-refractivity contribution in [1.29, 1.82) is 0 Å². The van der Waals surface area contributed by atoms with Gasteiger partial charge in [0.25, 0.3) is 0 Å². The first-order chi connectivity index (χ1) is 8.28. The van der Waals surface area contributed by atoms with E-state index >= 15 is 0 Å². The lowest BCUT2D eigenvalue weighted by atomic mass is 10.3. The average Bonchev–Trinajstić information content (AvgIpc) is 2.28. The quantitative estimate of drug-likeness (QED) is 0.833. The number of phenols is 1. The normalized spacial score (nSPS) is 13.1. The number of rotatable bonds is 4. The third-order valence-corrected chi connectivity index (χ3v) is 3.09. The average molecular weight is 279 g/mol. The van der Waals surface area contributed by atoms with Crippen LogP contribution in [0.25, 0.3) is 0 Å². The Hall–Kier alpha value is -1.37. The molecule has 1 rings (SSSR count). The molecule has 1 amide bonds. The molecule has 0 aromatic heterocycles. The molecule has 1 aromatic carbocycles. The Labute approximate surface area is 106 Å². The van der Waals surface area contributed by atoms with Crippen LogP contribution in [0.15, 0.2) is 29.2 Å². The second-order valence-corrected chi connectivity index (χ2v) is 5.00. The lowest BCUT2D eigenvalue weighted by molar-refractivity contribution is -0.137. The van der Waals surface area contributed by atoms with E-state index in [0.717, 1.165) is 11.8 Å². The Morgan fingerprint density at radius 2 is 1.94 bits per heavy atom. The first kappa shape index (κ1) is 14.7. The fraction of sp³-hybridized carbons (Fsp3) is 0.364. The number of aromatic hydroxyl groups is 1. The Kier molecular flexibility index (Phi) is 4.89. The highest BCUT2D eigenvalue weighted by Crippen LogP contribution is 2.25. The molecule has 0 saturated carbocycles. The SMILES string of the molecule is C[C@@H](Sc1ccc(O)cc1)C(=O)NCC(F)(F)F. The molecule has 0 radical (unpaired) electrons. The number of alkyl halides is 3. The molecule has 2 N–H and O–H groups in total. The van der Waals surface area contributed by atoms with Crippen LogP contribution in [-0.4, -0.2) is 29.0 Å². The number of nitrogens with one attached hydrogen (secondary N) is 1. The molecule has 0 bridgehead atoms. The van der Waals surface area contributed by atoms with Crippen molar-refractivity contribution < 1.29 is 23.1 Å². The molecule has 3 nitrogen and oxygen atoms in total. The predicted molar refractivity (Wildman–Crippen MR) is 62.5 cm³/mol. The molecule has 0 aliphatic carbocycles. The van der Waals surface area contributed by atoms with Gasteiger partial charge >= 0.3 is 6.18 Å². The van der Waals surface area contributed by atoms with Crippen LogP contribution >= 0.6 is 11.8 Å². The van der Waals surface area contributed by atoms with Crippen LogP contribution in [0.1, 0.15) is 6.92 Å². The summed E-state index contributed by atoms with van der Waals surface area (Å²) in [5, 5.41) is 10.2. The van der Waals surface area contributed by atoms with Crippen molar-refractivity contribution in [3.05, 3.63) is 24.3 Å². The monoisotopic (exact) mass is 279 g/mol. The van der Waals surface area contributed by atoms with Gasteiger partial charge in [0.2, 0.25) is 5.91 Å². The molecule has 0 heterocycles. The lowest BCUT2D eigenvalue weighted by Gasteiger charge is -2.13. The van der Waals surface area contributed by atoms with Crippen molar-refractivity contribution >= 4 is 17.7 Å². The Bertz CT molecular complexity index is 406. The molecule has 100 valence electrons. The minimum atomic E-state index is -4.40. The van der Waals surface area contributed by atoms with Crippen LogP contribution in [0.2, 0.25) is 0 Å². The van der Waals surface area contributed by atoms with E-state index in [2.05, 4.69) is 0 Å². The van der Waals surface area contributed by atoms with Crippen LogP contribution in [0.5, 0.6) is 5.75 Å². The molecule has 0 unspecified atom stereocenters. The molecule has 0 fully saturated rings. The maximum atomic E-state index is 11.9. The molecule has 18 heavy (non-hydrogen) atoms. The number of amides is 1. The first-order valence-electron chi connectivity index (χ1n) is 5.08. The zero-order valence-electron chi connectivity index (χ0n) is 9.49. The van der Waals surface area contributed by atoms with Gasteiger partial charge in [-0.3, -0.25) is 4.79 Å². The number of carbonyl (C=O) groups is 1. The summed E-state index contributed by atoms with van der Waals surface area (Å²) in [4.78, 5) is 12.1. The second kappa shape index (κ2) is 5.99. The van der Waals surface area contributed by atoms with Crippen LogP contribution < -0.4 is 5.32 Å². The summed E-state index contributed by atoms with van der Waals surface area (Å²) >= 11 is 1.12. The van der Waals surface area contributed by atoms with Gasteiger partial charge in [0.1, 0.15) is 12.3 Å². The highest BCUT2D eigenvalue weighted by Gasteiger charge is 2.28. The molecule has 7 heteroatoms. The molecular formula is C11H12F3NO2S. The van der Waals surface area contributed by atoms with E-state index in [-0.39, 0.29) is 5.75 Å². The van der Waals surface area contributed by atoms with Crippen molar-refractivity contribution in [2.75, 3.05) is 6.54 Å². The van der Waals surface area contributed by atoms with Crippen molar-refractivity contribution in [1.82, 2.24) is 5.32 Å². The molecule has 1 aromatic rings. The molecule has 0 spiro atoms. The van der Waals surface area contributed by atoms with Gasteiger partial charge in [0, 0.05) is 4.90 Å². The second-order valence-electron chi connectivity index (χ2n) is 3.59. The van der Waals surface area contributed by atoms with Gasteiger partial charge in [-0.25, -0.2) is 0 Å². The third-order valence-electron chi connectivity index (χ3n) is 1.98. The molecular weight excluding hydrogens is 267 g/mol. The summed E-state index contributed by atoms with van der Waals surface area (Å²) in [5.74, 6) is -0.584. The molecule has 0 saturated heterocycles. The summed E-state index contributed by atoms with van der Waals surface area (Å²) in [6.07, 6.45) is -4.40. The van der Waals surface area contributed by atoms with Gasteiger partial charge in [-0.1, -0.05) is 0 Å². The maximum Gasteiger partial charge on any atom is 0.405 e. The van der Waals surface area contributed by atoms with Crippen LogP contribution in [0.3, 0.4) is 0 Å². The number of carbonyl (C=O) groups excluding carboxylic acids is 1. The minimum Gasteiger partial charge on any atom is -0.508 e. The van der Waals surface area contributed by atoms with Crippen molar-refractivity contribution in [2.24, 2.45) is 0 Å². The summed E-state index contributed by atoms with van der Waals surface area (Å²) in [7, 11) is 0. The zero-order chi connectivity index (χ0) is 13.8. The number of hydrogen-bond donors (Lipinski definition) is 2. The summed E-state index contributed by atoms with van der Waals surface area (Å²) in [5.41, 5.74) is 0. The zero-order valence-corrected chi connectivity index (χ0v) is 10.3. The van der Waals surface area contributed by atoms with E-state index in [0.29, 0.717) is 4.90 Å². The largest absolute Gasteiger partial charge is 0.508 e. The molecule has 0 aliphatic heterocycles. The fourth-order valence-electron chi connectivity index (χ4n) is 1.11. The number of hydrogen-bond acceptors (Lipinski definition) is 3. The third kappa shape index (κ3) is 5.31. The highest BCUT2D eigenvalue weighted by atomic mass is 32.2. The van der Waals surface area contributed by atoms with Crippen molar-refractivity contribution in [2.45, 2.75) is 23.2 Å². The van der Waals surface area contributed by atoms with E-state index in [1.54, 1.807) is 12.1 Å². The van der Waals surface area contributed by atoms with Gasteiger partial charge in [-0.15, -0.1) is 11.8 Å². The standard InChI is InChI=1S/C11H12F3NO2S/c1-7(10(17)15-6-11(12,13)14)18-9-4-2-8(16)3-5-9/h2-5,7,16H,6H2,1H3,(H,15,17)/t7-/m1/s1. The van der Waals surface area contributed by atoms with Gasteiger partial charge in [0.15, 0.2) is 0 Å².